The number of hydrogen-bond acceptors (Lipinski definition) is 3. The lowest BCUT2D eigenvalue weighted by atomic mass is 10.0. The summed E-state index contributed by atoms with van der Waals surface area (Å²) in [5.41, 5.74) is 6.84. The van der Waals surface area contributed by atoms with Crippen LogP contribution in [-0.2, 0) is 22.4 Å². The van der Waals surface area contributed by atoms with Crippen LogP contribution in [0.1, 0.15) is 24.0 Å². The Hall–Kier alpha value is -2.87. The van der Waals surface area contributed by atoms with E-state index in [1.54, 1.807) is 0 Å². The molecule has 8 heteroatoms. The summed E-state index contributed by atoms with van der Waals surface area (Å²) in [6, 6.07) is 9.12. The van der Waals surface area contributed by atoms with E-state index in [9.17, 15) is 22.8 Å². The zero-order chi connectivity index (χ0) is 21.7. The van der Waals surface area contributed by atoms with Crippen LogP contribution in [0.5, 0.6) is 0 Å². The molecule has 30 heavy (non-hydrogen) atoms. The van der Waals surface area contributed by atoms with Crippen LogP contribution in [0.4, 0.5) is 13.2 Å². The van der Waals surface area contributed by atoms with Gasteiger partial charge in [0.15, 0.2) is 11.6 Å². The molecule has 0 aliphatic carbocycles. The summed E-state index contributed by atoms with van der Waals surface area (Å²) >= 11 is 0. The molecule has 1 aliphatic heterocycles. The average Bonchev–Trinajstić information content (AvgIpc) is 2.88. The number of carbonyl (C=O) groups excluding carboxylic acids is 2. The van der Waals surface area contributed by atoms with Crippen LogP contribution in [-0.4, -0.2) is 41.9 Å². The highest BCUT2D eigenvalue weighted by Gasteiger charge is 2.32. The molecule has 1 heterocycles. The molecular weight excluding hydrogens is 395 g/mol. The van der Waals surface area contributed by atoms with Crippen molar-refractivity contribution in [1.82, 2.24) is 10.2 Å². The second kappa shape index (κ2) is 9.75. The fraction of sp³-hybridized carbons (Fsp3) is 0.364. The first-order valence-electron chi connectivity index (χ1n) is 9.85. The first-order valence-corrected chi connectivity index (χ1v) is 9.85. The van der Waals surface area contributed by atoms with Gasteiger partial charge in [-0.15, -0.1) is 0 Å². The molecule has 5 nitrogen and oxygen atoms in total. The van der Waals surface area contributed by atoms with Gasteiger partial charge in [-0.2, -0.15) is 0 Å². The van der Waals surface area contributed by atoms with Crippen molar-refractivity contribution < 1.29 is 22.8 Å². The van der Waals surface area contributed by atoms with Crippen molar-refractivity contribution in [2.24, 2.45) is 5.73 Å². The molecule has 160 valence electrons. The molecule has 3 rings (SSSR count). The minimum Gasteiger partial charge on any atom is -0.354 e. The van der Waals surface area contributed by atoms with Crippen molar-refractivity contribution in [2.45, 2.75) is 37.8 Å². The normalized spacial score (nSPS) is 17.9. The SMILES string of the molecule is N[C@@H](CC(=O)N1CCCNC(=O)C1Cc1ccccc1)Cc1cc(F)c(F)cc1F. The van der Waals surface area contributed by atoms with E-state index >= 15 is 0 Å². The van der Waals surface area contributed by atoms with Crippen LogP contribution < -0.4 is 11.1 Å². The van der Waals surface area contributed by atoms with Crippen molar-refractivity contribution in [3.05, 3.63) is 71.0 Å². The largest absolute Gasteiger partial charge is 0.354 e. The molecule has 2 amide bonds. The van der Waals surface area contributed by atoms with Gasteiger partial charge in [0, 0.05) is 38.0 Å². The third kappa shape index (κ3) is 5.38. The number of nitrogens with two attached hydrogens (primary N) is 1. The maximum Gasteiger partial charge on any atom is 0.243 e. The number of amides is 2. The highest BCUT2D eigenvalue weighted by Crippen LogP contribution is 2.18. The van der Waals surface area contributed by atoms with Gasteiger partial charge >= 0.3 is 0 Å². The standard InChI is InChI=1S/C22H24F3N3O2/c23-17-13-19(25)18(24)11-15(17)10-16(26)12-21(29)28-8-4-7-27-22(30)20(28)9-14-5-2-1-3-6-14/h1-3,5-6,11,13,16,20H,4,7-10,12,26H2,(H,27,30)/t16-,20?/m1/s1. The molecule has 1 aliphatic rings. The van der Waals surface area contributed by atoms with Gasteiger partial charge in [0.25, 0.3) is 0 Å². The minimum absolute atomic E-state index is 0.0938. The topological polar surface area (TPSA) is 75.4 Å². The summed E-state index contributed by atoms with van der Waals surface area (Å²) in [6.45, 7) is 0.862. The quantitative estimate of drug-likeness (QED) is 0.706. The molecule has 0 aromatic heterocycles. The van der Waals surface area contributed by atoms with E-state index in [-0.39, 0.29) is 30.2 Å². The van der Waals surface area contributed by atoms with Gasteiger partial charge < -0.3 is 16.0 Å². The predicted molar refractivity (Wildman–Crippen MR) is 106 cm³/mol. The highest BCUT2D eigenvalue weighted by molar-refractivity contribution is 5.88. The summed E-state index contributed by atoms with van der Waals surface area (Å²) in [7, 11) is 0. The molecule has 2 atom stereocenters. The second-order valence-electron chi connectivity index (χ2n) is 7.46. The van der Waals surface area contributed by atoms with E-state index in [1.807, 2.05) is 30.3 Å². The Morgan fingerprint density at radius 3 is 2.57 bits per heavy atom. The Kier molecular flexibility index (Phi) is 7.10. The first kappa shape index (κ1) is 21.8. The van der Waals surface area contributed by atoms with Gasteiger partial charge in [-0.05, 0) is 30.0 Å². The highest BCUT2D eigenvalue weighted by atomic mass is 19.2. The smallest absolute Gasteiger partial charge is 0.243 e. The third-order valence-electron chi connectivity index (χ3n) is 5.15. The number of nitrogens with one attached hydrogen (secondary N) is 1. The zero-order valence-electron chi connectivity index (χ0n) is 16.4. The van der Waals surface area contributed by atoms with Crippen molar-refractivity contribution in [3.63, 3.8) is 0 Å². The number of benzene rings is 2. The van der Waals surface area contributed by atoms with Crippen molar-refractivity contribution in [2.75, 3.05) is 13.1 Å². The number of carbonyl (C=O) groups is 2. The second-order valence-corrected chi connectivity index (χ2v) is 7.46. The Balaban J connectivity index is 1.70. The molecule has 1 unspecified atom stereocenters. The lowest BCUT2D eigenvalue weighted by Gasteiger charge is -2.29. The lowest BCUT2D eigenvalue weighted by Crippen LogP contribution is -2.49. The number of halogens is 3. The third-order valence-corrected chi connectivity index (χ3v) is 5.15. The van der Waals surface area contributed by atoms with Gasteiger partial charge in [-0.3, -0.25) is 9.59 Å². The predicted octanol–water partition coefficient (Wildman–Crippen LogP) is 2.32. The molecular formula is C22H24F3N3O2. The number of nitrogens with zero attached hydrogens (tertiary/aromatic N) is 1. The number of hydrogen-bond donors (Lipinski definition) is 2. The Morgan fingerprint density at radius 1 is 1.13 bits per heavy atom. The first-order chi connectivity index (χ1) is 14.3. The average molecular weight is 419 g/mol. The summed E-state index contributed by atoms with van der Waals surface area (Å²) in [5.74, 6) is -3.92. The Labute approximate surface area is 173 Å². The van der Waals surface area contributed by atoms with Crippen molar-refractivity contribution >= 4 is 11.8 Å². The number of rotatable bonds is 6. The molecule has 2 aromatic rings. The molecule has 0 spiro atoms. The maximum atomic E-state index is 13.9. The minimum atomic E-state index is -1.28. The van der Waals surface area contributed by atoms with E-state index in [0.29, 0.717) is 32.0 Å². The van der Waals surface area contributed by atoms with Crippen LogP contribution in [0.3, 0.4) is 0 Å². The molecule has 3 N–H and O–H groups in total. The summed E-state index contributed by atoms with van der Waals surface area (Å²) in [4.78, 5) is 27.0. The molecule has 0 bridgehead atoms. The van der Waals surface area contributed by atoms with E-state index in [2.05, 4.69) is 5.32 Å². The molecule has 1 saturated heterocycles. The van der Waals surface area contributed by atoms with Crippen LogP contribution in [0.25, 0.3) is 0 Å². The van der Waals surface area contributed by atoms with Crippen LogP contribution in [0.2, 0.25) is 0 Å². The fourth-order valence-corrected chi connectivity index (χ4v) is 3.63. The fourth-order valence-electron chi connectivity index (χ4n) is 3.63. The van der Waals surface area contributed by atoms with Crippen LogP contribution >= 0.6 is 0 Å². The van der Waals surface area contributed by atoms with E-state index in [4.69, 9.17) is 5.73 Å². The Morgan fingerprint density at radius 2 is 1.83 bits per heavy atom. The monoisotopic (exact) mass is 419 g/mol. The van der Waals surface area contributed by atoms with Crippen LogP contribution in [0, 0.1) is 17.5 Å². The lowest BCUT2D eigenvalue weighted by molar-refractivity contribution is -0.139. The van der Waals surface area contributed by atoms with Crippen molar-refractivity contribution in [1.29, 1.82) is 0 Å². The van der Waals surface area contributed by atoms with Gasteiger partial charge in [-0.25, -0.2) is 13.2 Å². The van der Waals surface area contributed by atoms with Gasteiger partial charge in [-0.1, -0.05) is 30.3 Å². The summed E-state index contributed by atoms with van der Waals surface area (Å²) in [5, 5.41) is 2.82. The summed E-state index contributed by atoms with van der Waals surface area (Å²) in [6.07, 6.45) is 0.705. The van der Waals surface area contributed by atoms with Gasteiger partial charge in [0.2, 0.25) is 11.8 Å². The van der Waals surface area contributed by atoms with Gasteiger partial charge in [0.1, 0.15) is 11.9 Å². The van der Waals surface area contributed by atoms with Crippen LogP contribution in [0.15, 0.2) is 42.5 Å². The zero-order valence-corrected chi connectivity index (χ0v) is 16.4. The molecule has 0 saturated carbocycles. The van der Waals surface area contributed by atoms with E-state index < -0.39 is 29.5 Å². The molecule has 1 fully saturated rings. The maximum absolute atomic E-state index is 13.9. The summed E-state index contributed by atoms with van der Waals surface area (Å²) < 4.78 is 40.4. The van der Waals surface area contributed by atoms with E-state index in [0.717, 1.165) is 11.6 Å². The molecule has 2 aromatic carbocycles. The Bertz CT molecular complexity index is 908. The van der Waals surface area contributed by atoms with E-state index in [1.165, 1.54) is 4.90 Å². The van der Waals surface area contributed by atoms with Crippen molar-refractivity contribution in [3.8, 4) is 0 Å². The van der Waals surface area contributed by atoms with Gasteiger partial charge in [0.05, 0.1) is 0 Å². The molecule has 0 radical (unpaired) electrons.